The fraction of sp³-hybridized carbons (Fsp3) is 0.923. The molecule has 2 unspecified atom stereocenters. The van der Waals surface area contributed by atoms with Gasteiger partial charge < -0.3 is 16.0 Å². The standard InChI is InChI=1S/C13H26F3N3O/c1-5-19(6-2)9-7-8-10(3)18-11(20)12(4,17)13(14,15)16/h10H,5-9,17H2,1-4H3,(H,18,20). The van der Waals surface area contributed by atoms with Crippen LogP contribution in [0.15, 0.2) is 0 Å². The average Bonchev–Trinajstić information content (AvgIpc) is 2.33. The van der Waals surface area contributed by atoms with Gasteiger partial charge in [-0.25, -0.2) is 0 Å². The summed E-state index contributed by atoms with van der Waals surface area (Å²) in [5.74, 6) is -1.18. The lowest BCUT2D eigenvalue weighted by Crippen LogP contribution is -2.62. The van der Waals surface area contributed by atoms with E-state index < -0.39 is 17.6 Å². The molecule has 0 aliphatic rings. The third kappa shape index (κ3) is 5.66. The van der Waals surface area contributed by atoms with Crippen molar-refractivity contribution >= 4 is 5.91 Å². The van der Waals surface area contributed by atoms with Crippen molar-refractivity contribution in [1.82, 2.24) is 10.2 Å². The molecule has 0 saturated heterocycles. The Hall–Kier alpha value is -0.820. The third-order valence-electron chi connectivity index (χ3n) is 3.44. The number of hydrogen-bond acceptors (Lipinski definition) is 3. The molecule has 0 aliphatic carbocycles. The van der Waals surface area contributed by atoms with Gasteiger partial charge in [-0.2, -0.15) is 13.2 Å². The Morgan fingerprint density at radius 1 is 1.30 bits per heavy atom. The van der Waals surface area contributed by atoms with Crippen molar-refractivity contribution < 1.29 is 18.0 Å². The second-order valence-corrected chi connectivity index (χ2v) is 5.24. The minimum atomic E-state index is -4.75. The first-order valence-electron chi connectivity index (χ1n) is 6.95. The highest BCUT2D eigenvalue weighted by Gasteiger charge is 2.54. The molecule has 0 aromatic rings. The number of halogens is 3. The van der Waals surface area contributed by atoms with Gasteiger partial charge in [-0.15, -0.1) is 0 Å². The van der Waals surface area contributed by atoms with Gasteiger partial charge in [0.2, 0.25) is 5.91 Å². The monoisotopic (exact) mass is 297 g/mol. The zero-order valence-electron chi connectivity index (χ0n) is 12.7. The van der Waals surface area contributed by atoms with Crippen LogP contribution in [0.25, 0.3) is 0 Å². The van der Waals surface area contributed by atoms with Crippen LogP contribution >= 0.6 is 0 Å². The number of rotatable bonds is 8. The molecule has 0 bridgehead atoms. The van der Waals surface area contributed by atoms with E-state index in [-0.39, 0.29) is 6.04 Å². The maximum absolute atomic E-state index is 12.6. The first-order chi connectivity index (χ1) is 9.06. The van der Waals surface area contributed by atoms with E-state index in [1.807, 2.05) is 0 Å². The van der Waals surface area contributed by atoms with E-state index in [9.17, 15) is 18.0 Å². The van der Waals surface area contributed by atoms with Gasteiger partial charge in [0, 0.05) is 6.04 Å². The summed E-state index contributed by atoms with van der Waals surface area (Å²) in [6, 6.07) is -0.330. The molecular weight excluding hydrogens is 271 g/mol. The van der Waals surface area contributed by atoms with Gasteiger partial charge in [0.1, 0.15) is 0 Å². The minimum absolute atomic E-state index is 0.330. The average molecular weight is 297 g/mol. The maximum atomic E-state index is 12.6. The van der Waals surface area contributed by atoms with Gasteiger partial charge in [-0.1, -0.05) is 13.8 Å². The molecule has 0 aromatic heterocycles. The lowest BCUT2D eigenvalue weighted by atomic mass is 10.0. The van der Waals surface area contributed by atoms with E-state index in [4.69, 9.17) is 5.73 Å². The number of carbonyl (C=O) groups excluding carboxylic acids is 1. The SMILES string of the molecule is CCN(CC)CCCC(C)NC(=O)C(C)(N)C(F)(F)F. The molecule has 7 heteroatoms. The lowest BCUT2D eigenvalue weighted by molar-refractivity contribution is -0.187. The van der Waals surface area contributed by atoms with Crippen LogP contribution in [-0.2, 0) is 4.79 Å². The summed E-state index contributed by atoms with van der Waals surface area (Å²) < 4.78 is 37.8. The first kappa shape index (κ1) is 19.2. The number of nitrogens with zero attached hydrogens (tertiary/aromatic N) is 1. The Morgan fingerprint density at radius 2 is 1.80 bits per heavy atom. The van der Waals surface area contributed by atoms with E-state index in [0.29, 0.717) is 13.3 Å². The second-order valence-electron chi connectivity index (χ2n) is 5.24. The number of amides is 1. The molecule has 0 spiro atoms. The molecule has 20 heavy (non-hydrogen) atoms. The summed E-state index contributed by atoms with van der Waals surface area (Å²) in [7, 11) is 0. The molecule has 0 heterocycles. The van der Waals surface area contributed by atoms with Gasteiger partial charge in [0.25, 0.3) is 0 Å². The quantitative estimate of drug-likeness (QED) is 0.719. The molecule has 1 amide bonds. The second kappa shape index (κ2) is 7.83. The molecule has 0 saturated carbocycles. The van der Waals surface area contributed by atoms with Crippen molar-refractivity contribution in [2.75, 3.05) is 19.6 Å². The van der Waals surface area contributed by atoms with Gasteiger partial charge >= 0.3 is 6.18 Å². The first-order valence-corrected chi connectivity index (χ1v) is 6.95. The zero-order chi connectivity index (χ0) is 16.0. The number of nitrogens with one attached hydrogen (secondary N) is 1. The highest BCUT2D eigenvalue weighted by Crippen LogP contribution is 2.28. The molecule has 0 radical (unpaired) electrons. The van der Waals surface area contributed by atoms with Gasteiger partial charge in [0.05, 0.1) is 0 Å². The van der Waals surface area contributed by atoms with Crippen molar-refractivity contribution in [2.24, 2.45) is 5.73 Å². The topological polar surface area (TPSA) is 58.4 Å². The smallest absolute Gasteiger partial charge is 0.352 e. The molecule has 3 N–H and O–H groups in total. The number of hydrogen-bond donors (Lipinski definition) is 2. The number of alkyl halides is 3. The highest BCUT2D eigenvalue weighted by atomic mass is 19.4. The summed E-state index contributed by atoms with van der Waals surface area (Å²) >= 11 is 0. The molecule has 0 aromatic carbocycles. The van der Waals surface area contributed by atoms with Crippen LogP contribution in [0.5, 0.6) is 0 Å². The molecular formula is C13H26F3N3O. The van der Waals surface area contributed by atoms with Crippen LogP contribution in [0.4, 0.5) is 13.2 Å². The Balaban J connectivity index is 4.21. The molecule has 120 valence electrons. The van der Waals surface area contributed by atoms with E-state index >= 15 is 0 Å². The van der Waals surface area contributed by atoms with Crippen molar-refractivity contribution in [3.8, 4) is 0 Å². The molecule has 4 nitrogen and oxygen atoms in total. The molecule has 0 fully saturated rings. The van der Waals surface area contributed by atoms with Crippen LogP contribution in [0.3, 0.4) is 0 Å². The third-order valence-corrected chi connectivity index (χ3v) is 3.44. The minimum Gasteiger partial charge on any atom is -0.352 e. The predicted octanol–water partition coefficient (Wildman–Crippen LogP) is 1.89. The highest BCUT2D eigenvalue weighted by molar-refractivity contribution is 5.86. The van der Waals surface area contributed by atoms with Crippen LogP contribution in [0.1, 0.15) is 40.5 Å². The number of nitrogens with two attached hydrogens (primary N) is 1. The van der Waals surface area contributed by atoms with E-state index in [2.05, 4.69) is 24.1 Å². The maximum Gasteiger partial charge on any atom is 0.415 e. The zero-order valence-corrected chi connectivity index (χ0v) is 12.7. The van der Waals surface area contributed by atoms with Crippen LogP contribution < -0.4 is 11.1 Å². The summed E-state index contributed by atoms with van der Waals surface area (Å²) in [6.45, 7) is 9.22. The predicted molar refractivity (Wildman–Crippen MR) is 73.3 cm³/mol. The van der Waals surface area contributed by atoms with Crippen LogP contribution in [0, 0.1) is 0 Å². The Labute approximate surface area is 118 Å². The van der Waals surface area contributed by atoms with E-state index in [1.165, 1.54) is 0 Å². The van der Waals surface area contributed by atoms with Gasteiger partial charge in [-0.3, -0.25) is 4.79 Å². The Kier molecular flexibility index (Phi) is 7.51. The summed E-state index contributed by atoms with van der Waals surface area (Å²) in [5, 5.41) is 2.33. The van der Waals surface area contributed by atoms with Crippen molar-refractivity contribution in [2.45, 2.75) is 58.3 Å². The Morgan fingerprint density at radius 3 is 2.20 bits per heavy atom. The Bertz CT molecular complexity index is 302. The summed E-state index contributed by atoms with van der Waals surface area (Å²) in [5.41, 5.74) is 2.21. The number of carbonyl (C=O) groups is 1. The van der Waals surface area contributed by atoms with Crippen LogP contribution in [-0.4, -0.2) is 48.2 Å². The molecule has 0 aliphatic heterocycles. The van der Waals surface area contributed by atoms with Crippen molar-refractivity contribution in [3.63, 3.8) is 0 Å². The normalized spacial score (nSPS) is 16.9. The van der Waals surface area contributed by atoms with Crippen molar-refractivity contribution in [1.29, 1.82) is 0 Å². The van der Waals surface area contributed by atoms with Gasteiger partial charge in [-0.05, 0) is 46.3 Å². The molecule has 2 atom stereocenters. The fourth-order valence-corrected chi connectivity index (χ4v) is 1.74. The summed E-state index contributed by atoms with van der Waals surface area (Å²) in [4.78, 5) is 13.8. The van der Waals surface area contributed by atoms with E-state index in [0.717, 1.165) is 26.1 Å². The fourth-order valence-electron chi connectivity index (χ4n) is 1.74. The van der Waals surface area contributed by atoms with Crippen LogP contribution in [0.2, 0.25) is 0 Å². The molecule has 0 rings (SSSR count). The van der Waals surface area contributed by atoms with E-state index in [1.54, 1.807) is 6.92 Å². The summed E-state index contributed by atoms with van der Waals surface area (Å²) in [6.07, 6.45) is -3.31. The largest absolute Gasteiger partial charge is 0.415 e. The van der Waals surface area contributed by atoms with Crippen molar-refractivity contribution in [3.05, 3.63) is 0 Å². The lowest BCUT2D eigenvalue weighted by Gasteiger charge is -2.28. The van der Waals surface area contributed by atoms with Gasteiger partial charge in [0.15, 0.2) is 5.54 Å².